The van der Waals surface area contributed by atoms with Crippen molar-refractivity contribution in [3.63, 3.8) is 0 Å². The van der Waals surface area contributed by atoms with E-state index < -0.39 is 0 Å². The lowest BCUT2D eigenvalue weighted by Crippen LogP contribution is -2.21. The van der Waals surface area contributed by atoms with Crippen molar-refractivity contribution >= 4 is 0 Å². The molecule has 0 spiro atoms. The van der Waals surface area contributed by atoms with Crippen LogP contribution in [0.1, 0.15) is 70.2 Å². The molecule has 0 unspecified atom stereocenters. The van der Waals surface area contributed by atoms with E-state index in [2.05, 4.69) is 67.6 Å². The normalized spacial score (nSPS) is 15.3. The Morgan fingerprint density at radius 1 is 1.00 bits per heavy atom. The fourth-order valence-corrected chi connectivity index (χ4v) is 3.48. The number of nitrogens with zero attached hydrogens (tertiary/aromatic N) is 3. The number of likely N-dealkylation sites (tertiary alicyclic amines) is 1. The van der Waals surface area contributed by atoms with E-state index in [4.69, 9.17) is 9.84 Å². The van der Waals surface area contributed by atoms with E-state index in [1.54, 1.807) is 0 Å². The van der Waals surface area contributed by atoms with Gasteiger partial charge in [0, 0.05) is 12.2 Å². The highest BCUT2D eigenvalue weighted by molar-refractivity contribution is 5.39. The van der Waals surface area contributed by atoms with E-state index >= 15 is 0 Å². The first-order valence-corrected chi connectivity index (χ1v) is 10.1. The highest BCUT2D eigenvalue weighted by atomic mass is 16.5. The van der Waals surface area contributed by atoms with Crippen molar-refractivity contribution in [1.29, 1.82) is 0 Å². The second kappa shape index (κ2) is 8.72. The van der Waals surface area contributed by atoms with Gasteiger partial charge in [0.1, 0.15) is 5.75 Å². The van der Waals surface area contributed by atoms with Gasteiger partial charge in [-0.1, -0.05) is 27.7 Å². The van der Waals surface area contributed by atoms with Crippen molar-refractivity contribution in [2.75, 3.05) is 26.2 Å². The lowest BCUT2D eigenvalue weighted by molar-refractivity contribution is 0.263. The molecule has 0 radical (unpaired) electrons. The van der Waals surface area contributed by atoms with Crippen LogP contribution < -0.4 is 4.74 Å². The van der Waals surface area contributed by atoms with Crippen molar-refractivity contribution in [3.8, 4) is 11.4 Å². The molecule has 0 saturated carbocycles. The molecule has 1 fully saturated rings. The van der Waals surface area contributed by atoms with Crippen molar-refractivity contribution in [1.82, 2.24) is 14.7 Å². The van der Waals surface area contributed by atoms with Crippen LogP contribution >= 0.6 is 0 Å². The summed E-state index contributed by atoms with van der Waals surface area (Å²) in [6, 6.07) is 10.6. The molecule has 1 aliphatic heterocycles. The molecule has 0 amide bonds. The molecule has 4 heteroatoms. The highest BCUT2D eigenvalue weighted by Crippen LogP contribution is 2.25. The van der Waals surface area contributed by atoms with Gasteiger partial charge in [-0.05, 0) is 74.5 Å². The summed E-state index contributed by atoms with van der Waals surface area (Å²) >= 11 is 0. The zero-order chi connectivity index (χ0) is 18.5. The maximum absolute atomic E-state index is 5.92. The Labute approximate surface area is 158 Å². The number of hydrogen-bond acceptors (Lipinski definition) is 3. The Balaban J connectivity index is 1.60. The summed E-state index contributed by atoms with van der Waals surface area (Å²) in [6.45, 7) is 13.3. The van der Waals surface area contributed by atoms with E-state index in [0.29, 0.717) is 11.8 Å². The van der Waals surface area contributed by atoms with Gasteiger partial charge in [-0.3, -0.25) is 0 Å². The molecule has 2 aromatic rings. The third kappa shape index (κ3) is 4.67. The minimum Gasteiger partial charge on any atom is -0.494 e. The molecule has 4 nitrogen and oxygen atoms in total. The second-order valence-electron chi connectivity index (χ2n) is 7.96. The molecule has 1 aliphatic rings. The summed E-state index contributed by atoms with van der Waals surface area (Å²) in [5.41, 5.74) is 3.51. The quantitative estimate of drug-likeness (QED) is 0.625. The van der Waals surface area contributed by atoms with Gasteiger partial charge in [-0.15, -0.1) is 0 Å². The van der Waals surface area contributed by atoms with E-state index in [0.717, 1.165) is 36.7 Å². The summed E-state index contributed by atoms with van der Waals surface area (Å²) in [4.78, 5) is 2.53. The lowest BCUT2D eigenvalue weighted by Gasteiger charge is -2.14. The van der Waals surface area contributed by atoms with Gasteiger partial charge in [0.05, 0.1) is 18.0 Å². The molecule has 142 valence electrons. The fourth-order valence-electron chi connectivity index (χ4n) is 3.48. The molecule has 0 bridgehead atoms. The van der Waals surface area contributed by atoms with Gasteiger partial charge in [-0.2, -0.15) is 5.10 Å². The van der Waals surface area contributed by atoms with Gasteiger partial charge in [0.15, 0.2) is 0 Å². The molecule has 2 heterocycles. The number of benzene rings is 1. The van der Waals surface area contributed by atoms with Crippen LogP contribution in [0.5, 0.6) is 5.75 Å². The van der Waals surface area contributed by atoms with E-state index in [1.807, 2.05) is 0 Å². The molecule has 1 aromatic heterocycles. The Bertz CT molecular complexity index is 682. The predicted octanol–water partition coefficient (Wildman–Crippen LogP) is 4.98. The highest BCUT2D eigenvalue weighted by Gasteiger charge is 2.15. The minimum atomic E-state index is 0.437. The number of rotatable bonds is 8. The monoisotopic (exact) mass is 355 g/mol. The maximum Gasteiger partial charge on any atom is 0.119 e. The Hall–Kier alpha value is -1.81. The maximum atomic E-state index is 5.92. The molecule has 26 heavy (non-hydrogen) atoms. The predicted molar refractivity (Wildman–Crippen MR) is 108 cm³/mol. The van der Waals surface area contributed by atoms with Crippen LogP contribution in [0.2, 0.25) is 0 Å². The first kappa shape index (κ1) is 19.0. The first-order valence-electron chi connectivity index (χ1n) is 10.1. The molecule has 0 N–H and O–H groups in total. The topological polar surface area (TPSA) is 30.3 Å². The van der Waals surface area contributed by atoms with Crippen molar-refractivity contribution in [2.45, 2.75) is 58.8 Å². The zero-order valence-electron chi connectivity index (χ0n) is 16.7. The largest absolute Gasteiger partial charge is 0.494 e. The van der Waals surface area contributed by atoms with Gasteiger partial charge in [-0.25, -0.2) is 4.68 Å². The standard InChI is InChI=1S/C22H33N3O/c1-17(2)21-16-22(18(3)4)25(23-21)19-8-10-20(11-9-19)26-15-7-14-24-12-5-6-13-24/h8-11,16-18H,5-7,12-15H2,1-4H3. The molecular formula is C22H33N3O. The van der Waals surface area contributed by atoms with Crippen LogP contribution in [-0.4, -0.2) is 40.9 Å². The van der Waals surface area contributed by atoms with Crippen LogP contribution in [0.4, 0.5) is 0 Å². The van der Waals surface area contributed by atoms with Crippen molar-refractivity contribution in [2.24, 2.45) is 0 Å². The molecular weight excluding hydrogens is 322 g/mol. The Kier molecular flexibility index (Phi) is 6.36. The summed E-state index contributed by atoms with van der Waals surface area (Å²) in [5, 5.41) is 4.82. The summed E-state index contributed by atoms with van der Waals surface area (Å²) in [6.07, 6.45) is 3.80. The van der Waals surface area contributed by atoms with Crippen LogP contribution in [0, 0.1) is 0 Å². The molecule has 1 saturated heterocycles. The minimum absolute atomic E-state index is 0.437. The Morgan fingerprint density at radius 3 is 2.31 bits per heavy atom. The van der Waals surface area contributed by atoms with Crippen LogP contribution in [0.25, 0.3) is 5.69 Å². The average Bonchev–Trinajstić information content (AvgIpc) is 3.29. The number of ether oxygens (including phenoxy) is 1. The summed E-state index contributed by atoms with van der Waals surface area (Å²) in [5.74, 6) is 1.82. The van der Waals surface area contributed by atoms with Gasteiger partial charge in [0.2, 0.25) is 0 Å². The van der Waals surface area contributed by atoms with Gasteiger partial charge in [0.25, 0.3) is 0 Å². The molecule has 0 aliphatic carbocycles. The lowest BCUT2D eigenvalue weighted by atomic mass is 10.1. The second-order valence-corrected chi connectivity index (χ2v) is 7.96. The van der Waals surface area contributed by atoms with E-state index in [9.17, 15) is 0 Å². The molecule has 1 aromatic carbocycles. The van der Waals surface area contributed by atoms with Crippen molar-refractivity contribution < 1.29 is 4.74 Å². The smallest absolute Gasteiger partial charge is 0.119 e. The summed E-state index contributed by atoms with van der Waals surface area (Å²) in [7, 11) is 0. The summed E-state index contributed by atoms with van der Waals surface area (Å²) < 4.78 is 8.00. The van der Waals surface area contributed by atoms with Crippen LogP contribution in [0.15, 0.2) is 30.3 Å². The SMILES string of the molecule is CC(C)c1cc(C(C)C)n(-c2ccc(OCCCN3CCCC3)cc2)n1. The first-order chi connectivity index (χ1) is 12.5. The Morgan fingerprint density at radius 2 is 1.69 bits per heavy atom. The number of hydrogen-bond donors (Lipinski definition) is 0. The van der Waals surface area contributed by atoms with Crippen LogP contribution in [0.3, 0.4) is 0 Å². The van der Waals surface area contributed by atoms with Crippen LogP contribution in [-0.2, 0) is 0 Å². The fraction of sp³-hybridized carbons (Fsp3) is 0.591. The molecule has 0 atom stereocenters. The van der Waals surface area contributed by atoms with Crippen molar-refractivity contribution in [3.05, 3.63) is 41.7 Å². The van der Waals surface area contributed by atoms with E-state index in [1.165, 1.54) is 31.6 Å². The zero-order valence-corrected chi connectivity index (χ0v) is 16.7. The molecule has 3 rings (SSSR count). The average molecular weight is 356 g/mol. The van der Waals surface area contributed by atoms with Gasteiger partial charge >= 0.3 is 0 Å². The van der Waals surface area contributed by atoms with E-state index in [-0.39, 0.29) is 0 Å². The third-order valence-corrected chi connectivity index (χ3v) is 5.11. The third-order valence-electron chi connectivity index (χ3n) is 5.11. The number of aromatic nitrogens is 2. The van der Waals surface area contributed by atoms with Gasteiger partial charge < -0.3 is 9.64 Å².